The number of aliphatic hydroxyl groups is 1. The van der Waals surface area contributed by atoms with E-state index < -0.39 is 0 Å². The predicted molar refractivity (Wildman–Crippen MR) is 84.3 cm³/mol. The minimum absolute atomic E-state index is 0.0420. The van der Waals surface area contributed by atoms with Gasteiger partial charge in [-0.25, -0.2) is 0 Å². The molecule has 0 saturated heterocycles. The molecule has 0 fully saturated rings. The van der Waals surface area contributed by atoms with Gasteiger partial charge < -0.3 is 10.4 Å². The van der Waals surface area contributed by atoms with Crippen molar-refractivity contribution in [1.82, 2.24) is 0 Å². The van der Waals surface area contributed by atoms with Gasteiger partial charge in [0.05, 0.1) is 6.61 Å². The first kappa shape index (κ1) is 13.3. The zero-order valence-electron chi connectivity index (χ0n) is 11.4. The number of benzene rings is 3. The van der Waals surface area contributed by atoms with Gasteiger partial charge in [-0.2, -0.15) is 0 Å². The Morgan fingerprint density at radius 3 is 2.52 bits per heavy atom. The quantitative estimate of drug-likeness (QED) is 0.768. The maximum Gasteiger partial charge on any atom is 0.255 e. The normalized spacial score (nSPS) is 10.5. The van der Waals surface area contributed by atoms with Crippen LogP contribution in [0.3, 0.4) is 0 Å². The second kappa shape index (κ2) is 5.77. The van der Waals surface area contributed by atoms with Crippen molar-refractivity contribution in [1.29, 1.82) is 0 Å². The van der Waals surface area contributed by atoms with Crippen molar-refractivity contribution >= 4 is 22.4 Å². The van der Waals surface area contributed by atoms with Gasteiger partial charge in [0, 0.05) is 11.3 Å². The Balaban J connectivity index is 1.86. The highest BCUT2D eigenvalue weighted by molar-refractivity contribution is 6.06. The van der Waals surface area contributed by atoms with Crippen molar-refractivity contribution in [3.8, 4) is 0 Å². The van der Waals surface area contributed by atoms with Gasteiger partial charge in [0.25, 0.3) is 5.91 Å². The van der Waals surface area contributed by atoms with Crippen LogP contribution in [0.1, 0.15) is 15.9 Å². The lowest BCUT2D eigenvalue weighted by Crippen LogP contribution is -2.11. The average molecular weight is 277 g/mol. The molecule has 3 nitrogen and oxygen atoms in total. The number of hydrogen-bond donors (Lipinski definition) is 2. The molecule has 2 N–H and O–H groups in total. The number of carbonyl (C=O) groups is 1. The maximum atomic E-state index is 12.3. The van der Waals surface area contributed by atoms with E-state index in [1.807, 2.05) is 54.6 Å². The summed E-state index contributed by atoms with van der Waals surface area (Å²) in [5.74, 6) is -0.157. The predicted octanol–water partition coefficient (Wildman–Crippen LogP) is 3.58. The van der Waals surface area contributed by atoms with Crippen molar-refractivity contribution in [2.45, 2.75) is 6.61 Å². The fourth-order valence-corrected chi connectivity index (χ4v) is 2.28. The number of carbonyl (C=O) groups excluding carboxylic acids is 1. The zero-order valence-corrected chi connectivity index (χ0v) is 11.4. The Morgan fingerprint density at radius 1 is 0.905 bits per heavy atom. The van der Waals surface area contributed by atoms with E-state index in [1.54, 1.807) is 12.1 Å². The first-order valence-electron chi connectivity index (χ1n) is 6.76. The molecular formula is C18H15NO2. The van der Waals surface area contributed by atoms with E-state index in [0.29, 0.717) is 11.3 Å². The molecule has 0 aliphatic rings. The molecule has 3 rings (SSSR count). The fraction of sp³-hybridized carbons (Fsp3) is 0.0556. The van der Waals surface area contributed by atoms with Crippen molar-refractivity contribution in [3.05, 3.63) is 77.9 Å². The molecular weight excluding hydrogens is 262 g/mol. The Kier molecular flexibility index (Phi) is 3.67. The summed E-state index contributed by atoms with van der Waals surface area (Å²) in [6, 6.07) is 20.7. The molecule has 0 heterocycles. The second-order valence-electron chi connectivity index (χ2n) is 4.87. The third-order valence-corrected chi connectivity index (χ3v) is 3.38. The van der Waals surface area contributed by atoms with Crippen LogP contribution in [0.25, 0.3) is 10.8 Å². The average Bonchev–Trinajstić information content (AvgIpc) is 2.54. The highest BCUT2D eigenvalue weighted by Crippen LogP contribution is 2.17. The molecule has 0 aliphatic heterocycles. The zero-order chi connectivity index (χ0) is 14.7. The number of amides is 1. The Bertz CT molecular complexity index is 796. The van der Waals surface area contributed by atoms with Crippen LogP contribution >= 0.6 is 0 Å². The first-order chi connectivity index (χ1) is 10.3. The minimum Gasteiger partial charge on any atom is -0.392 e. The van der Waals surface area contributed by atoms with E-state index in [4.69, 9.17) is 5.11 Å². The Morgan fingerprint density at radius 2 is 1.71 bits per heavy atom. The van der Waals surface area contributed by atoms with E-state index in [2.05, 4.69) is 5.32 Å². The highest BCUT2D eigenvalue weighted by atomic mass is 16.3. The van der Waals surface area contributed by atoms with Crippen LogP contribution in [-0.2, 0) is 6.61 Å². The standard InChI is InChI=1S/C18H15NO2/c20-12-13-4-3-7-17(10-13)19-18(21)16-9-8-14-5-1-2-6-15(14)11-16/h1-11,20H,12H2,(H,19,21). The summed E-state index contributed by atoms with van der Waals surface area (Å²) >= 11 is 0. The van der Waals surface area contributed by atoms with E-state index in [1.165, 1.54) is 0 Å². The number of hydrogen-bond acceptors (Lipinski definition) is 2. The van der Waals surface area contributed by atoms with Gasteiger partial charge in [-0.05, 0) is 40.6 Å². The van der Waals surface area contributed by atoms with Crippen LogP contribution in [0.15, 0.2) is 66.7 Å². The van der Waals surface area contributed by atoms with Crippen LogP contribution in [0, 0.1) is 0 Å². The van der Waals surface area contributed by atoms with Crippen LogP contribution in [0.5, 0.6) is 0 Å². The summed E-state index contributed by atoms with van der Waals surface area (Å²) in [5, 5.41) is 14.1. The lowest BCUT2D eigenvalue weighted by atomic mass is 10.1. The molecule has 0 saturated carbocycles. The number of fused-ring (bicyclic) bond motifs is 1. The molecule has 0 bridgehead atoms. The summed E-state index contributed by atoms with van der Waals surface area (Å²) in [4.78, 5) is 12.3. The largest absolute Gasteiger partial charge is 0.392 e. The van der Waals surface area contributed by atoms with E-state index in [0.717, 1.165) is 16.3 Å². The van der Waals surface area contributed by atoms with Crippen molar-refractivity contribution in [2.75, 3.05) is 5.32 Å². The van der Waals surface area contributed by atoms with Gasteiger partial charge >= 0.3 is 0 Å². The van der Waals surface area contributed by atoms with Gasteiger partial charge in [0.1, 0.15) is 0 Å². The lowest BCUT2D eigenvalue weighted by molar-refractivity contribution is 0.102. The summed E-state index contributed by atoms with van der Waals surface area (Å²) in [7, 11) is 0. The Labute approximate surface area is 122 Å². The number of aliphatic hydroxyl groups excluding tert-OH is 1. The highest BCUT2D eigenvalue weighted by Gasteiger charge is 2.07. The molecule has 0 aromatic heterocycles. The lowest BCUT2D eigenvalue weighted by Gasteiger charge is -2.07. The third kappa shape index (κ3) is 2.93. The van der Waals surface area contributed by atoms with Crippen LogP contribution in [0.2, 0.25) is 0 Å². The Hall–Kier alpha value is -2.65. The molecule has 0 unspecified atom stereocenters. The molecule has 0 spiro atoms. The summed E-state index contributed by atoms with van der Waals surface area (Å²) in [6.07, 6.45) is 0. The number of nitrogens with one attached hydrogen (secondary N) is 1. The smallest absolute Gasteiger partial charge is 0.255 e. The molecule has 3 heteroatoms. The van der Waals surface area contributed by atoms with Gasteiger partial charge in [0.15, 0.2) is 0 Å². The summed E-state index contributed by atoms with van der Waals surface area (Å²) in [6.45, 7) is -0.0420. The van der Waals surface area contributed by atoms with Gasteiger partial charge in [0.2, 0.25) is 0 Å². The molecule has 1 amide bonds. The fourth-order valence-electron chi connectivity index (χ4n) is 2.28. The van der Waals surface area contributed by atoms with E-state index in [9.17, 15) is 4.79 Å². The first-order valence-corrected chi connectivity index (χ1v) is 6.76. The van der Waals surface area contributed by atoms with Gasteiger partial charge in [-0.1, -0.05) is 42.5 Å². The van der Waals surface area contributed by atoms with E-state index in [-0.39, 0.29) is 12.5 Å². The van der Waals surface area contributed by atoms with Crippen LogP contribution in [-0.4, -0.2) is 11.0 Å². The molecule has 3 aromatic rings. The molecule has 0 atom stereocenters. The summed E-state index contributed by atoms with van der Waals surface area (Å²) in [5.41, 5.74) is 2.06. The van der Waals surface area contributed by atoms with Crippen molar-refractivity contribution in [3.63, 3.8) is 0 Å². The third-order valence-electron chi connectivity index (χ3n) is 3.38. The van der Waals surface area contributed by atoms with Gasteiger partial charge in [-0.3, -0.25) is 4.79 Å². The SMILES string of the molecule is O=C(Nc1cccc(CO)c1)c1ccc2ccccc2c1. The minimum atomic E-state index is -0.157. The molecule has 0 radical (unpaired) electrons. The van der Waals surface area contributed by atoms with Crippen LogP contribution in [0.4, 0.5) is 5.69 Å². The number of anilines is 1. The van der Waals surface area contributed by atoms with Crippen molar-refractivity contribution < 1.29 is 9.90 Å². The second-order valence-corrected chi connectivity index (χ2v) is 4.87. The molecule has 3 aromatic carbocycles. The van der Waals surface area contributed by atoms with E-state index >= 15 is 0 Å². The van der Waals surface area contributed by atoms with Gasteiger partial charge in [-0.15, -0.1) is 0 Å². The monoisotopic (exact) mass is 277 g/mol. The molecule has 104 valence electrons. The van der Waals surface area contributed by atoms with Crippen LogP contribution < -0.4 is 5.32 Å². The molecule has 21 heavy (non-hydrogen) atoms. The number of rotatable bonds is 3. The molecule has 0 aliphatic carbocycles. The van der Waals surface area contributed by atoms with Crippen molar-refractivity contribution in [2.24, 2.45) is 0 Å². The maximum absolute atomic E-state index is 12.3. The topological polar surface area (TPSA) is 49.3 Å². The summed E-state index contributed by atoms with van der Waals surface area (Å²) < 4.78 is 0.